The number of nitrogens with zero attached hydrogens (tertiary/aromatic N) is 2. The molecular weight excluding hydrogens is 282 g/mol. The second-order valence-electron chi connectivity index (χ2n) is 4.75. The van der Waals surface area contributed by atoms with Crippen LogP contribution in [0.25, 0.3) is 0 Å². The molecule has 108 valence electrons. The number of carboxylic acid groups (broad SMARTS) is 1. The summed E-state index contributed by atoms with van der Waals surface area (Å²) in [6, 6.07) is 1.03. The van der Waals surface area contributed by atoms with E-state index in [1.54, 1.807) is 11.8 Å². The highest BCUT2D eigenvalue weighted by atomic mass is 32.2. The normalized spacial score (nSPS) is 16.2. The van der Waals surface area contributed by atoms with Gasteiger partial charge in [-0.15, -0.1) is 0 Å². The third kappa shape index (κ3) is 2.84. The number of rotatable bonds is 6. The molecule has 0 saturated heterocycles. The zero-order chi connectivity index (χ0) is 14.8. The molecule has 20 heavy (non-hydrogen) atoms. The lowest BCUT2D eigenvalue weighted by molar-refractivity contribution is -0.385. The van der Waals surface area contributed by atoms with Crippen molar-refractivity contribution in [2.24, 2.45) is 0 Å². The molecule has 8 heteroatoms. The third-order valence-electron chi connectivity index (χ3n) is 3.59. The highest BCUT2D eigenvalue weighted by molar-refractivity contribution is 8.00. The van der Waals surface area contributed by atoms with Crippen LogP contribution in [0.3, 0.4) is 0 Å². The summed E-state index contributed by atoms with van der Waals surface area (Å²) in [5.74, 6) is -1.04. The Morgan fingerprint density at radius 3 is 2.80 bits per heavy atom. The van der Waals surface area contributed by atoms with Gasteiger partial charge in [-0.2, -0.15) is 11.8 Å². The fourth-order valence-corrected chi connectivity index (χ4v) is 3.04. The van der Waals surface area contributed by atoms with E-state index in [1.807, 2.05) is 6.26 Å². The van der Waals surface area contributed by atoms with Gasteiger partial charge in [0.2, 0.25) is 0 Å². The maximum Gasteiger partial charge on any atom is 0.339 e. The van der Waals surface area contributed by atoms with Gasteiger partial charge in [0.25, 0.3) is 5.69 Å². The van der Waals surface area contributed by atoms with Crippen molar-refractivity contribution in [2.45, 2.75) is 24.0 Å². The van der Waals surface area contributed by atoms with Crippen LogP contribution in [0.5, 0.6) is 0 Å². The molecule has 0 spiro atoms. The molecule has 1 aliphatic rings. The van der Waals surface area contributed by atoms with E-state index in [4.69, 9.17) is 5.11 Å². The molecule has 1 aromatic heterocycles. The lowest BCUT2D eigenvalue weighted by Crippen LogP contribution is -2.40. The molecule has 0 unspecified atom stereocenters. The van der Waals surface area contributed by atoms with Crippen LogP contribution in [-0.4, -0.2) is 38.5 Å². The largest absolute Gasteiger partial charge is 0.478 e. The molecule has 1 heterocycles. The van der Waals surface area contributed by atoms with Gasteiger partial charge in [0.05, 0.1) is 4.92 Å². The van der Waals surface area contributed by atoms with E-state index in [0.29, 0.717) is 6.54 Å². The number of anilines is 1. The van der Waals surface area contributed by atoms with Crippen LogP contribution < -0.4 is 5.32 Å². The number of hydrogen-bond donors (Lipinski definition) is 2. The summed E-state index contributed by atoms with van der Waals surface area (Å²) in [7, 11) is 0. The summed E-state index contributed by atoms with van der Waals surface area (Å²) in [6.45, 7) is 0.610. The first kappa shape index (κ1) is 14.6. The van der Waals surface area contributed by atoms with Crippen molar-refractivity contribution in [1.29, 1.82) is 0 Å². The Bertz CT molecular complexity index is 540. The van der Waals surface area contributed by atoms with Crippen molar-refractivity contribution in [3.8, 4) is 0 Å². The van der Waals surface area contributed by atoms with Crippen LogP contribution in [0, 0.1) is 10.1 Å². The van der Waals surface area contributed by atoms with Crippen molar-refractivity contribution in [2.75, 3.05) is 18.1 Å². The minimum absolute atomic E-state index is 0.124. The summed E-state index contributed by atoms with van der Waals surface area (Å²) in [5, 5.41) is 22.8. The maximum atomic E-state index is 11.2. The average molecular weight is 297 g/mol. The summed E-state index contributed by atoms with van der Waals surface area (Å²) in [6.07, 6.45) is 6.43. The summed E-state index contributed by atoms with van der Waals surface area (Å²) >= 11 is 1.75. The van der Waals surface area contributed by atoms with Crippen LogP contribution >= 0.6 is 11.8 Å². The summed E-state index contributed by atoms with van der Waals surface area (Å²) < 4.78 is 0.124. The minimum Gasteiger partial charge on any atom is -0.478 e. The molecule has 0 atom stereocenters. The molecule has 2 rings (SSSR count). The van der Waals surface area contributed by atoms with Crippen molar-refractivity contribution in [1.82, 2.24) is 4.98 Å². The molecule has 0 radical (unpaired) electrons. The number of thioether (sulfide) groups is 1. The Morgan fingerprint density at radius 1 is 1.65 bits per heavy atom. The predicted octanol–water partition coefficient (Wildman–Crippen LogP) is 2.39. The van der Waals surface area contributed by atoms with Crippen molar-refractivity contribution in [3.05, 3.63) is 27.9 Å². The van der Waals surface area contributed by atoms with Gasteiger partial charge in [-0.05, 0) is 19.1 Å². The fraction of sp³-hybridized carbons (Fsp3) is 0.500. The van der Waals surface area contributed by atoms with Gasteiger partial charge in [-0.3, -0.25) is 10.1 Å². The molecule has 1 saturated carbocycles. The molecule has 1 fully saturated rings. The lowest BCUT2D eigenvalue weighted by Gasteiger charge is -2.40. The van der Waals surface area contributed by atoms with E-state index in [0.717, 1.165) is 25.1 Å². The molecule has 0 aromatic carbocycles. The minimum atomic E-state index is -1.23. The molecule has 1 aliphatic carbocycles. The van der Waals surface area contributed by atoms with Crippen molar-refractivity contribution in [3.63, 3.8) is 0 Å². The van der Waals surface area contributed by atoms with E-state index in [-0.39, 0.29) is 21.8 Å². The van der Waals surface area contributed by atoms with Crippen LogP contribution in [0.4, 0.5) is 11.5 Å². The predicted molar refractivity (Wildman–Crippen MR) is 76.4 cm³/mol. The molecular formula is C12H15N3O4S. The summed E-state index contributed by atoms with van der Waals surface area (Å²) in [5.41, 5.74) is -0.494. The number of nitrogens with one attached hydrogen (secondary N) is 1. The number of aromatic nitrogens is 1. The first-order valence-corrected chi connectivity index (χ1v) is 7.37. The van der Waals surface area contributed by atoms with Gasteiger partial charge in [-0.1, -0.05) is 6.42 Å². The fourth-order valence-electron chi connectivity index (χ4n) is 2.13. The topological polar surface area (TPSA) is 105 Å². The number of nitro groups is 1. The van der Waals surface area contributed by atoms with Gasteiger partial charge in [0.15, 0.2) is 0 Å². The van der Waals surface area contributed by atoms with Gasteiger partial charge in [0.1, 0.15) is 17.6 Å². The monoisotopic (exact) mass is 297 g/mol. The number of carbonyl (C=O) groups is 1. The molecule has 7 nitrogen and oxygen atoms in total. The highest BCUT2D eigenvalue weighted by Gasteiger charge is 2.36. The Kier molecular flexibility index (Phi) is 4.12. The van der Waals surface area contributed by atoms with Gasteiger partial charge >= 0.3 is 5.97 Å². The highest BCUT2D eigenvalue weighted by Crippen LogP contribution is 2.42. The second kappa shape index (κ2) is 5.66. The Morgan fingerprint density at radius 2 is 2.35 bits per heavy atom. The Labute approximate surface area is 119 Å². The van der Waals surface area contributed by atoms with Crippen LogP contribution in [0.2, 0.25) is 0 Å². The zero-order valence-corrected chi connectivity index (χ0v) is 11.8. The smallest absolute Gasteiger partial charge is 0.339 e. The molecule has 0 amide bonds. The Balaban J connectivity index is 2.18. The first-order valence-electron chi connectivity index (χ1n) is 6.14. The molecule has 0 aliphatic heterocycles. The number of pyridine rings is 1. The number of carboxylic acids is 1. The maximum absolute atomic E-state index is 11.2. The van der Waals surface area contributed by atoms with E-state index in [1.165, 1.54) is 6.42 Å². The van der Waals surface area contributed by atoms with Gasteiger partial charge in [-0.25, -0.2) is 9.78 Å². The van der Waals surface area contributed by atoms with E-state index >= 15 is 0 Å². The average Bonchev–Trinajstić information content (AvgIpc) is 2.37. The van der Waals surface area contributed by atoms with Crippen LogP contribution in [0.15, 0.2) is 12.3 Å². The number of hydrogen-bond acceptors (Lipinski definition) is 6. The van der Waals surface area contributed by atoms with Crippen LogP contribution in [0.1, 0.15) is 29.6 Å². The molecule has 2 N–H and O–H groups in total. The third-order valence-corrected chi connectivity index (χ3v) is 5.01. The second-order valence-corrected chi connectivity index (χ2v) is 6.02. The molecule has 1 aromatic rings. The van der Waals surface area contributed by atoms with E-state index in [2.05, 4.69) is 10.3 Å². The Hall–Kier alpha value is -1.83. The zero-order valence-electron chi connectivity index (χ0n) is 11.0. The summed E-state index contributed by atoms with van der Waals surface area (Å²) in [4.78, 5) is 25.0. The van der Waals surface area contributed by atoms with E-state index in [9.17, 15) is 14.9 Å². The first-order chi connectivity index (χ1) is 9.47. The van der Waals surface area contributed by atoms with E-state index < -0.39 is 10.9 Å². The number of aromatic carboxylic acids is 1. The van der Waals surface area contributed by atoms with Gasteiger partial charge in [0, 0.05) is 17.4 Å². The van der Waals surface area contributed by atoms with Gasteiger partial charge < -0.3 is 10.4 Å². The SMILES string of the molecule is CSC1(CNc2ncc([N+](=O)[O-])cc2C(=O)O)CCC1. The lowest BCUT2D eigenvalue weighted by atomic mass is 9.84. The standard InChI is InChI=1S/C12H15N3O4S/c1-20-12(3-2-4-12)7-14-10-9(11(16)17)5-8(6-13-10)15(18)19/h5-6H,2-4,7H2,1H3,(H,13,14)(H,16,17). The molecule has 0 bridgehead atoms. The van der Waals surface area contributed by atoms with Crippen molar-refractivity contribution < 1.29 is 14.8 Å². The van der Waals surface area contributed by atoms with Crippen LogP contribution in [-0.2, 0) is 0 Å². The quantitative estimate of drug-likeness (QED) is 0.613. The van der Waals surface area contributed by atoms with Crippen molar-refractivity contribution >= 4 is 29.2 Å².